The lowest BCUT2D eigenvalue weighted by Gasteiger charge is -2.37. The third-order valence-electron chi connectivity index (χ3n) is 6.27. The van der Waals surface area contributed by atoms with Crippen LogP contribution in [0.5, 0.6) is 0 Å². The largest absolute Gasteiger partial charge is 0.115 e. The van der Waals surface area contributed by atoms with Crippen molar-refractivity contribution in [3.8, 4) is 12.3 Å². The third kappa shape index (κ3) is 4.08. The Bertz CT molecular complexity index is 541. The SMILES string of the molecule is C#Cc1ccc(C2CCC([C@H]3CC[C@H](/C=C/C)CC3)CC2)cc1. The molecule has 0 saturated heterocycles. The van der Waals surface area contributed by atoms with Crippen LogP contribution < -0.4 is 0 Å². The normalized spacial score (nSPS) is 31.8. The highest BCUT2D eigenvalue weighted by Crippen LogP contribution is 2.44. The summed E-state index contributed by atoms with van der Waals surface area (Å²) in [5.41, 5.74) is 2.50. The summed E-state index contributed by atoms with van der Waals surface area (Å²) in [6.45, 7) is 2.16. The molecule has 2 aliphatic carbocycles. The van der Waals surface area contributed by atoms with Gasteiger partial charge in [-0.1, -0.05) is 30.2 Å². The average molecular weight is 306 g/mol. The zero-order valence-electron chi connectivity index (χ0n) is 14.5. The van der Waals surface area contributed by atoms with Crippen LogP contribution in [0.3, 0.4) is 0 Å². The molecule has 0 unspecified atom stereocenters. The number of rotatable bonds is 3. The van der Waals surface area contributed by atoms with Crippen molar-refractivity contribution in [3.05, 3.63) is 47.5 Å². The van der Waals surface area contributed by atoms with Crippen molar-refractivity contribution in [2.24, 2.45) is 17.8 Å². The molecule has 0 heteroatoms. The van der Waals surface area contributed by atoms with E-state index in [1.807, 2.05) is 0 Å². The summed E-state index contributed by atoms with van der Waals surface area (Å²) in [5, 5.41) is 0. The van der Waals surface area contributed by atoms with Crippen LogP contribution in [0, 0.1) is 30.1 Å². The molecule has 23 heavy (non-hydrogen) atoms. The maximum absolute atomic E-state index is 5.45. The highest BCUT2D eigenvalue weighted by molar-refractivity contribution is 5.35. The minimum absolute atomic E-state index is 0.762. The van der Waals surface area contributed by atoms with Crippen LogP contribution >= 0.6 is 0 Å². The van der Waals surface area contributed by atoms with Crippen molar-refractivity contribution in [2.45, 2.75) is 64.2 Å². The predicted octanol–water partition coefficient (Wildman–Crippen LogP) is 6.32. The topological polar surface area (TPSA) is 0 Å². The fourth-order valence-electron chi connectivity index (χ4n) is 4.86. The van der Waals surface area contributed by atoms with E-state index < -0.39 is 0 Å². The molecular formula is C23H30. The number of terminal acetylenes is 1. The standard InChI is InChI=1S/C23H30/c1-3-5-19-8-12-21(13-9-19)23-16-14-22(15-17-23)20-10-6-18(4-2)7-11-20/h2-3,5-7,10-11,19,21-23H,8-9,12-17H2,1H3/b5-3+/t19-,21-,22?,23?. The van der Waals surface area contributed by atoms with Gasteiger partial charge in [-0.25, -0.2) is 0 Å². The van der Waals surface area contributed by atoms with Crippen molar-refractivity contribution < 1.29 is 0 Å². The van der Waals surface area contributed by atoms with E-state index in [4.69, 9.17) is 6.42 Å². The summed E-state index contributed by atoms with van der Waals surface area (Å²) in [4.78, 5) is 0. The maximum atomic E-state index is 5.45. The van der Waals surface area contributed by atoms with Crippen LogP contribution in [0.25, 0.3) is 0 Å². The van der Waals surface area contributed by atoms with Gasteiger partial charge in [-0.05, 0) is 99.7 Å². The van der Waals surface area contributed by atoms with Gasteiger partial charge in [-0.15, -0.1) is 6.42 Å². The van der Waals surface area contributed by atoms with Crippen LogP contribution in [-0.4, -0.2) is 0 Å². The third-order valence-corrected chi connectivity index (χ3v) is 6.27. The Balaban J connectivity index is 1.49. The molecule has 1 aromatic rings. The van der Waals surface area contributed by atoms with E-state index in [1.54, 1.807) is 0 Å². The number of allylic oxidation sites excluding steroid dienone is 2. The Morgan fingerprint density at radius 2 is 1.43 bits per heavy atom. The molecule has 0 aliphatic heterocycles. The number of benzene rings is 1. The molecule has 2 fully saturated rings. The Kier molecular flexibility index (Phi) is 5.60. The van der Waals surface area contributed by atoms with Crippen LogP contribution in [0.4, 0.5) is 0 Å². The zero-order chi connectivity index (χ0) is 16.1. The van der Waals surface area contributed by atoms with Crippen LogP contribution in [-0.2, 0) is 0 Å². The molecule has 0 nitrogen and oxygen atoms in total. The lowest BCUT2D eigenvalue weighted by Crippen LogP contribution is -2.25. The number of hydrogen-bond donors (Lipinski definition) is 0. The summed E-state index contributed by atoms with van der Waals surface area (Å²) >= 11 is 0. The Labute approximate surface area is 142 Å². The molecule has 0 heterocycles. The molecule has 0 atom stereocenters. The van der Waals surface area contributed by atoms with Crippen molar-refractivity contribution in [2.75, 3.05) is 0 Å². The molecular weight excluding hydrogens is 276 g/mol. The maximum Gasteiger partial charge on any atom is 0.0242 e. The van der Waals surface area contributed by atoms with Gasteiger partial charge in [0.15, 0.2) is 0 Å². The second-order valence-corrected chi connectivity index (χ2v) is 7.58. The van der Waals surface area contributed by atoms with Crippen molar-refractivity contribution in [1.82, 2.24) is 0 Å². The highest BCUT2D eigenvalue weighted by atomic mass is 14.4. The summed E-state index contributed by atoms with van der Waals surface area (Å²) < 4.78 is 0. The van der Waals surface area contributed by atoms with Gasteiger partial charge in [-0.3, -0.25) is 0 Å². The Morgan fingerprint density at radius 1 is 0.870 bits per heavy atom. The van der Waals surface area contributed by atoms with Gasteiger partial charge < -0.3 is 0 Å². The first-order valence-corrected chi connectivity index (χ1v) is 9.49. The quantitative estimate of drug-likeness (QED) is 0.452. The van der Waals surface area contributed by atoms with Crippen molar-refractivity contribution in [3.63, 3.8) is 0 Å². The van der Waals surface area contributed by atoms with Crippen molar-refractivity contribution >= 4 is 0 Å². The van der Waals surface area contributed by atoms with E-state index in [-0.39, 0.29) is 0 Å². The van der Waals surface area contributed by atoms with Crippen molar-refractivity contribution in [1.29, 1.82) is 0 Å². The van der Waals surface area contributed by atoms with E-state index in [1.165, 1.54) is 56.9 Å². The molecule has 0 amide bonds. The van der Waals surface area contributed by atoms with E-state index >= 15 is 0 Å². The highest BCUT2D eigenvalue weighted by Gasteiger charge is 2.30. The summed E-state index contributed by atoms with van der Waals surface area (Å²) in [5.74, 6) is 6.33. The van der Waals surface area contributed by atoms with Gasteiger partial charge >= 0.3 is 0 Å². The zero-order valence-corrected chi connectivity index (χ0v) is 14.5. The molecule has 122 valence electrons. The first-order valence-electron chi connectivity index (χ1n) is 9.49. The average Bonchev–Trinajstić information content (AvgIpc) is 2.63. The Hall–Kier alpha value is -1.48. The monoisotopic (exact) mass is 306 g/mol. The minimum atomic E-state index is 0.762. The van der Waals surface area contributed by atoms with Gasteiger partial charge in [0, 0.05) is 5.56 Å². The molecule has 1 aromatic carbocycles. The molecule has 0 aromatic heterocycles. The second kappa shape index (κ2) is 7.87. The van der Waals surface area contributed by atoms with Crippen LogP contribution in [0.1, 0.15) is 75.3 Å². The second-order valence-electron chi connectivity index (χ2n) is 7.58. The minimum Gasteiger partial charge on any atom is -0.115 e. The van der Waals surface area contributed by atoms with Crippen LogP contribution in [0.2, 0.25) is 0 Å². The summed E-state index contributed by atoms with van der Waals surface area (Å²) in [6.07, 6.45) is 21.5. The molecule has 2 saturated carbocycles. The van der Waals surface area contributed by atoms with Gasteiger partial charge in [0.05, 0.1) is 0 Å². The molecule has 0 N–H and O–H groups in total. The fraction of sp³-hybridized carbons (Fsp3) is 0.565. The lowest BCUT2D eigenvalue weighted by atomic mass is 9.68. The molecule has 3 rings (SSSR count). The van der Waals surface area contributed by atoms with Gasteiger partial charge in [0.2, 0.25) is 0 Å². The van der Waals surface area contributed by atoms with E-state index in [9.17, 15) is 0 Å². The number of hydrogen-bond acceptors (Lipinski definition) is 0. The van der Waals surface area contributed by atoms with Gasteiger partial charge in [0.25, 0.3) is 0 Å². The summed E-state index contributed by atoms with van der Waals surface area (Å²) in [7, 11) is 0. The first-order chi connectivity index (χ1) is 11.3. The first kappa shape index (κ1) is 16.4. The Morgan fingerprint density at radius 3 is 1.96 bits per heavy atom. The molecule has 0 bridgehead atoms. The smallest absolute Gasteiger partial charge is 0.0242 e. The predicted molar refractivity (Wildman–Crippen MR) is 99.3 cm³/mol. The van der Waals surface area contributed by atoms with Gasteiger partial charge in [-0.2, -0.15) is 0 Å². The van der Waals surface area contributed by atoms with E-state index in [0.29, 0.717) is 0 Å². The summed E-state index contributed by atoms with van der Waals surface area (Å²) in [6, 6.07) is 8.71. The van der Waals surface area contributed by atoms with E-state index in [0.717, 1.165) is 29.2 Å². The fourth-order valence-corrected chi connectivity index (χ4v) is 4.86. The molecule has 0 spiro atoms. The van der Waals surface area contributed by atoms with E-state index in [2.05, 4.69) is 49.3 Å². The lowest BCUT2D eigenvalue weighted by molar-refractivity contribution is 0.171. The van der Waals surface area contributed by atoms with Crippen LogP contribution in [0.15, 0.2) is 36.4 Å². The molecule has 0 radical (unpaired) electrons. The molecule has 2 aliphatic rings. The van der Waals surface area contributed by atoms with Gasteiger partial charge in [0.1, 0.15) is 0 Å².